The first-order chi connectivity index (χ1) is 5.56. The van der Waals surface area contributed by atoms with Crippen LogP contribution in [0.4, 0.5) is 0 Å². The van der Waals surface area contributed by atoms with E-state index in [2.05, 4.69) is 4.74 Å². The van der Waals surface area contributed by atoms with Gasteiger partial charge in [-0.2, -0.15) is 0 Å². The summed E-state index contributed by atoms with van der Waals surface area (Å²) in [7, 11) is 0. The van der Waals surface area contributed by atoms with E-state index in [1.807, 2.05) is 13.8 Å². The fraction of sp³-hybridized carbons (Fsp3) is 0.667. The second kappa shape index (κ2) is 5.63. The zero-order chi connectivity index (χ0) is 9.56. The molecule has 0 aromatic carbocycles. The number of allylic oxidation sites excluding steroid dienone is 1. The first-order valence-electron chi connectivity index (χ1n) is 4.12. The summed E-state index contributed by atoms with van der Waals surface area (Å²) in [6.07, 6.45) is 1.64. The second-order valence-electron chi connectivity index (χ2n) is 2.99. The quantitative estimate of drug-likeness (QED) is 0.401. The standard InChI is InChI=1S/C9H16O3/c1-4-12-9(11)6-8(10)5-7(2)3/h6-7,10H,4-5H2,1-3H3/b8-6+. The molecule has 0 aliphatic carbocycles. The topological polar surface area (TPSA) is 46.5 Å². The van der Waals surface area contributed by atoms with Crippen molar-refractivity contribution in [2.45, 2.75) is 27.2 Å². The summed E-state index contributed by atoms with van der Waals surface area (Å²) < 4.78 is 4.62. The van der Waals surface area contributed by atoms with Crippen LogP contribution in [0.1, 0.15) is 27.2 Å². The highest BCUT2D eigenvalue weighted by molar-refractivity contribution is 5.82. The molecule has 0 aromatic rings. The van der Waals surface area contributed by atoms with Crippen molar-refractivity contribution in [3.05, 3.63) is 11.8 Å². The molecule has 0 atom stereocenters. The third-order valence-electron chi connectivity index (χ3n) is 1.19. The number of aliphatic hydroxyl groups is 1. The minimum Gasteiger partial charge on any atom is -0.512 e. The number of esters is 1. The molecule has 0 unspecified atom stereocenters. The van der Waals surface area contributed by atoms with Crippen molar-refractivity contribution in [2.24, 2.45) is 5.92 Å². The summed E-state index contributed by atoms with van der Waals surface area (Å²) in [5.41, 5.74) is 0. The molecule has 0 bridgehead atoms. The largest absolute Gasteiger partial charge is 0.512 e. The van der Waals surface area contributed by atoms with Crippen LogP contribution in [-0.2, 0) is 9.53 Å². The molecule has 3 heteroatoms. The van der Waals surface area contributed by atoms with Crippen LogP contribution in [0, 0.1) is 5.92 Å². The van der Waals surface area contributed by atoms with Crippen molar-refractivity contribution in [3.8, 4) is 0 Å². The molecule has 0 radical (unpaired) electrons. The molecule has 0 aromatic heterocycles. The van der Waals surface area contributed by atoms with Crippen LogP contribution < -0.4 is 0 Å². The van der Waals surface area contributed by atoms with Crippen molar-refractivity contribution in [3.63, 3.8) is 0 Å². The Hall–Kier alpha value is -0.990. The van der Waals surface area contributed by atoms with Gasteiger partial charge in [-0.1, -0.05) is 13.8 Å². The lowest BCUT2D eigenvalue weighted by Crippen LogP contribution is -2.02. The predicted octanol–water partition coefficient (Wildman–Crippen LogP) is 2.04. The van der Waals surface area contributed by atoms with Crippen molar-refractivity contribution >= 4 is 5.97 Å². The Kier molecular flexibility index (Phi) is 5.17. The van der Waals surface area contributed by atoms with Gasteiger partial charge in [0.1, 0.15) is 0 Å². The number of aliphatic hydroxyl groups excluding tert-OH is 1. The monoisotopic (exact) mass is 172 g/mol. The van der Waals surface area contributed by atoms with Gasteiger partial charge in [-0.15, -0.1) is 0 Å². The van der Waals surface area contributed by atoms with Crippen LogP contribution >= 0.6 is 0 Å². The molecule has 0 aliphatic rings. The molecular weight excluding hydrogens is 156 g/mol. The van der Waals surface area contributed by atoms with E-state index < -0.39 is 5.97 Å². The summed E-state index contributed by atoms with van der Waals surface area (Å²) >= 11 is 0. The summed E-state index contributed by atoms with van der Waals surface area (Å²) in [5.74, 6) is -0.0465. The zero-order valence-corrected chi connectivity index (χ0v) is 7.83. The van der Waals surface area contributed by atoms with Crippen LogP contribution in [-0.4, -0.2) is 17.7 Å². The maximum Gasteiger partial charge on any atom is 0.334 e. The van der Waals surface area contributed by atoms with E-state index in [-0.39, 0.29) is 5.76 Å². The van der Waals surface area contributed by atoms with Crippen LogP contribution in [0.25, 0.3) is 0 Å². The van der Waals surface area contributed by atoms with Gasteiger partial charge in [0.2, 0.25) is 0 Å². The van der Waals surface area contributed by atoms with Gasteiger partial charge in [0.05, 0.1) is 18.4 Å². The lowest BCUT2D eigenvalue weighted by Gasteiger charge is -2.02. The van der Waals surface area contributed by atoms with E-state index in [1.165, 1.54) is 0 Å². The lowest BCUT2D eigenvalue weighted by molar-refractivity contribution is -0.137. The summed E-state index contributed by atoms with van der Waals surface area (Å²) in [4.78, 5) is 10.8. The normalized spacial score (nSPS) is 11.8. The van der Waals surface area contributed by atoms with Gasteiger partial charge in [0, 0.05) is 6.42 Å². The molecule has 0 saturated heterocycles. The molecule has 0 rings (SSSR count). The van der Waals surface area contributed by atoms with E-state index in [9.17, 15) is 9.90 Å². The van der Waals surface area contributed by atoms with E-state index in [0.29, 0.717) is 18.9 Å². The molecule has 0 fully saturated rings. The van der Waals surface area contributed by atoms with Crippen LogP contribution in [0.5, 0.6) is 0 Å². The van der Waals surface area contributed by atoms with Crippen molar-refractivity contribution in [1.29, 1.82) is 0 Å². The number of carbonyl (C=O) groups is 1. The van der Waals surface area contributed by atoms with Gasteiger partial charge in [-0.05, 0) is 12.8 Å². The highest BCUT2D eigenvalue weighted by atomic mass is 16.5. The molecule has 0 spiro atoms. The Bertz CT molecular complexity index is 171. The highest BCUT2D eigenvalue weighted by Crippen LogP contribution is 2.07. The highest BCUT2D eigenvalue weighted by Gasteiger charge is 2.02. The number of hydrogen-bond donors (Lipinski definition) is 1. The van der Waals surface area contributed by atoms with Gasteiger partial charge >= 0.3 is 5.97 Å². The zero-order valence-electron chi connectivity index (χ0n) is 7.83. The Balaban J connectivity index is 3.89. The van der Waals surface area contributed by atoms with E-state index in [1.54, 1.807) is 6.92 Å². The number of carbonyl (C=O) groups excluding carboxylic acids is 1. The smallest absolute Gasteiger partial charge is 0.334 e. The Morgan fingerprint density at radius 2 is 2.17 bits per heavy atom. The molecule has 3 nitrogen and oxygen atoms in total. The second-order valence-corrected chi connectivity index (χ2v) is 2.99. The fourth-order valence-electron chi connectivity index (χ4n) is 0.797. The van der Waals surface area contributed by atoms with Crippen LogP contribution in [0.2, 0.25) is 0 Å². The summed E-state index contributed by atoms with van der Waals surface area (Å²) in [6.45, 7) is 6.00. The first-order valence-corrected chi connectivity index (χ1v) is 4.12. The van der Waals surface area contributed by atoms with Gasteiger partial charge in [-0.25, -0.2) is 4.79 Å². The van der Waals surface area contributed by atoms with Gasteiger partial charge < -0.3 is 9.84 Å². The Labute approximate surface area is 73.0 Å². The van der Waals surface area contributed by atoms with Crippen molar-refractivity contribution < 1.29 is 14.6 Å². The molecular formula is C9H16O3. The fourth-order valence-corrected chi connectivity index (χ4v) is 0.797. The average Bonchev–Trinajstić information content (AvgIpc) is 1.84. The first kappa shape index (κ1) is 11.0. The van der Waals surface area contributed by atoms with Crippen LogP contribution in [0.15, 0.2) is 11.8 Å². The van der Waals surface area contributed by atoms with Gasteiger partial charge in [-0.3, -0.25) is 0 Å². The number of ether oxygens (including phenoxy) is 1. The van der Waals surface area contributed by atoms with Crippen LogP contribution in [0.3, 0.4) is 0 Å². The minimum atomic E-state index is -0.476. The van der Waals surface area contributed by atoms with E-state index in [4.69, 9.17) is 0 Å². The summed E-state index contributed by atoms with van der Waals surface area (Å²) in [6, 6.07) is 0. The average molecular weight is 172 g/mol. The maximum atomic E-state index is 10.8. The third kappa shape index (κ3) is 5.77. The number of hydrogen-bond acceptors (Lipinski definition) is 3. The lowest BCUT2D eigenvalue weighted by atomic mass is 10.1. The van der Waals surface area contributed by atoms with Crippen molar-refractivity contribution in [1.82, 2.24) is 0 Å². The summed E-state index contributed by atoms with van der Waals surface area (Å²) in [5, 5.41) is 9.18. The molecule has 0 aliphatic heterocycles. The molecule has 0 saturated carbocycles. The SMILES string of the molecule is CCOC(=O)/C=C(/O)CC(C)C. The molecule has 12 heavy (non-hydrogen) atoms. The van der Waals surface area contributed by atoms with Crippen molar-refractivity contribution in [2.75, 3.05) is 6.61 Å². The third-order valence-corrected chi connectivity index (χ3v) is 1.19. The Morgan fingerprint density at radius 1 is 1.58 bits per heavy atom. The molecule has 70 valence electrons. The maximum absolute atomic E-state index is 10.8. The molecule has 0 amide bonds. The molecule has 0 heterocycles. The minimum absolute atomic E-state index is 0.0865. The van der Waals surface area contributed by atoms with E-state index in [0.717, 1.165) is 6.08 Å². The van der Waals surface area contributed by atoms with Gasteiger partial charge in [0.25, 0.3) is 0 Å². The van der Waals surface area contributed by atoms with Gasteiger partial charge in [0.15, 0.2) is 0 Å². The van der Waals surface area contributed by atoms with E-state index >= 15 is 0 Å². The molecule has 1 N–H and O–H groups in total. The number of rotatable bonds is 4. The Morgan fingerprint density at radius 3 is 2.58 bits per heavy atom. The predicted molar refractivity (Wildman–Crippen MR) is 46.8 cm³/mol.